The van der Waals surface area contributed by atoms with Crippen LogP contribution in [0.25, 0.3) is 0 Å². The van der Waals surface area contributed by atoms with E-state index in [-0.39, 0.29) is 24.1 Å². The smallest absolute Gasteiger partial charge is 0.416 e. The van der Waals surface area contributed by atoms with Crippen LogP contribution in [0.15, 0.2) is 35.6 Å². The number of amides is 1. The average Bonchev–Trinajstić information content (AvgIpc) is 2.65. The first-order chi connectivity index (χ1) is 13.1. The number of rotatable bonds is 3. The second kappa shape index (κ2) is 7.25. The monoisotopic (exact) mass is 412 g/mol. The summed E-state index contributed by atoms with van der Waals surface area (Å²) in [7, 11) is 0. The summed E-state index contributed by atoms with van der Waals surface area (Å²) in [6.07, 6.45) is -2.13. The van der Waals surface area contributed by atoms with Crippen LogP contribution in [0.4, 0.5) is 23.7 Å². The number of carbonyl (C=O) groups is 1. The van der Waals surface area contributed by atoms with Gasteiger partial charge in [-0.15, -0.1) is 0 Å². The lowest BCUT2D eigenvalue weighted by Gasteiger charge is -2.46. The molecule has 2 heterocycles. The Morgan fingerprint density at radius 2 is 2.14 bits per heavy atom. The largest absolute Gasteiger partial charge is 0.465 e. The molecular formula is C18H19F3N4O2S. The zero-order chi connectivity index (χ0) is 20.7. The molecule has 0 fully saturated rings. The van der Waals surface area contributed by atoms with Crippen LogP contribution in [0.2, 0.25) is 0 Å². The van der Waals surface area contributed by atoms with Crippen molar-refractivity contribution in [1.29, 1.82) is 0 Å². The Morgan fingerprint density at radius 1 is 1.43 bits per heavy atom. The molecule has 150 valence electrons. The highest BCUT2D eigenvalue weighted by Gasteiger charge is 2.46. The van der Waals surface area contributed by atoms with E-state index in [1.165, 1.54) is 24.0 Å². The molecular weight excluding hydrogens is 393 g/mol. The number of hydrogen-bond donors (Lipinski definition) is 2. The van der Waals surface area contributed by atoms with Crippen molar-refractivity contribution >= 4 is 23.5 Å². The molecule has 0 radical (unpaired) electrons. The molecule has 0 bridgehead atoms. The van der Waals surface area contributed by atoms with E-state index in [0.717, 1.165) is 17.0 Å². The molecule has 6 nitrogen and oxygen atoms in total. The van der Waals surface area contributed by atoms with Gasteiger partial charge in [0.2, 0.25) is 0 Å². The molecule has 1 amide bonds. The van der Waals surface area contributed by atoms with Crippen molar-refractivity contribution in [1.82, 2.24) is 9.97 Å². The molecule has 0 spiro atoms. The lowest BCUT2D eigenvalue weighted by Crippen LogP contribution is -2.61. The number of carboxylic acid groups (broad SMARTS) is 1. The highest BCUT2D eigenvalue weighted by atomic mass is 32.2. The fourth-order valence-corrected chi connectivity index (χ4v) is 3.88. The van der Waals surface area contributed by atoms with Crippen LogP contribution in [0, 0.1) is 0 Å². The SMILES string of the molecule is CC[C@]1(N)C[C@H](c2ccnc(SC)n2)c2cc(C(F)(F)F)ccc2N1C(=O)O. The van der Waals surface area contributed by atoms with E-state index in [9.17, 15) is 23.1 Å². The summed E-state index contributed by atoms with van der Waals surface area (Å²) in [6.45, 7) is 1.75. The van der Waals surface area contributed by atoms with Crippen molar-refractivity contribution < 1.29 is 23.1 Å². The number of benzene rings is 1. The average molecular weight is 412 g/mol. The molecule has 10 heteroatoms. The summed E-state index contributed by atoms with van der Waals surface area (Å²) in [5.41, 5.74) is 5.18. The molecule has 0 aliphatic carbocycles. The van der Waals surface area contributed by atoms with Gasteiger partial charge in [0.25, 0.3) is 0 Å². The van der Waals surface area contributed by atoms with Gasteiger partial charge < -0.3 is 10.8 Å². The van der Waals surface area contributed by atoms with Gasteiger partial charge in [-0.3, -0.25) is 4.90 Å². The summed E-state index contributed by atoms with van der Waals surface area (Å²) in [5.74, 6) is -0.591. The number of halogens is 3. The molecule has 1 aliphatic heterocycles. The highest BCUT2D eigenvalue weighted by Crippen LogP contribution is 2.47. The predicted octanol–water partition coefficient (Wildman–Crippen LogP) is 4.30. The van der Waals surface area contributed by atoms with Crippen molar-refractivity contribution in [3.8, 4) is 0 Å². The molecule has 28 heavy (non-hydrogen) atoms. The fraction of sp³-hybridized carbons (Fsp3) is 0.389. The van der Waals surface area contributed by atoms with Gasteiger partial charge in [-0.2, -0.15) is 13.2 Å². The zero-order valence-electron chi connectivity index (χ0n) is 15.2. The second-order valence-electron chi connectivity index (χ2n) is 6.57. The number of aromatic nitrogens is 2. The van der Waals surface area contributed by atoms with Crippen LogP contribution in [0.3, 0.4) is 0 Å². The van der Waals surface area contributed by atoms with Crippen LogP contribution in [0.5, 0.6) is 0 Å². The Labute approximate surface area is 164 Å². The molecule has 1 aromatic heterocycles. The minimum atomic E-state index is -4.55. The molecule has 1 aromatic carbocycles. The van der Waals surface area contributed by atoms with Crippen LogP contribution in [-0.2, 0) is 6.18 Å². The Hall–Kier alpha value is -2.33. The van der Waals surface area contributed by atoms with Gasteiger partial charge in [-0.1, -0.05) is 18.7 Å². The summed E-state index contributed by atoms with van der Waals surface area (Å²) in [6, 6.07) is 4.67. The number of nitrogens with two attached hydrogens (primary N) is 1. The van der Waals surface area contributed by atoms with Crippen molar-refractivity contribution in [3.05, 3.63) is 47.3 Å². The van der Waals surface area contributed by atoms with Gasteiger partial charge >= 0.3 is 12.3 Å². The normalized spacial score (nSPS) is 22.1. The lowest BCUT2D eigenvalue weighted by molar-refractivity contribution is -0.137. The first-order valence-corrected chi connectivity index (χ1v) is 9.73. The predicted molar refractivity (Wildman–Crippen MR) is 99.4 cm³/mol. The van der Waals surface area contributed by atoms with E-state index in [4.69, 9.17) is 5.73 Å². The zero-order valence-corrected chi connectivity index (χ0v) is 16.0. The number of anilines is 1. The summed E-state index contributed by atoms with van der Waals surface area (Å²) in [4.78, 5) is 21.4. The number of fused-ring (bicyclic) bond motifs is 1. The third-order valence-corrected chi connectivity index (χ3v) is 5.53. The van der Waals surface area contributed by atoms with Gasteiger partial charge in [0, 0.05) is 12.1 Å². The second-order valence-corrected chi connectivity index (χ2v) is 7.34. The first kappa shape index (κ1) is 20.4. The van der Waals surface area contributed by atoms with Gasteiger partial charge in [0.15, 0.2) is 5.16 Å². The van der Waals surface area contributed by atoms with Crippen LogP contribution in [-0.4, -0.2) is 33.1 Å². The number of alkyl halides is 3. The molecule has 0 unspecified atom stereocenters. The Kier molecular flexibility index (Phi) is 5.28. The molecule has 3 rings (SSSR count). The van der Waals surface area contributed by atoms with Crippen molar-refractivity contribution in [2.24, 2.45) is 5.73 Å². The molecule has 0 saturated carbocycles. The van der Waals surface area contributed by atoms with Crippen LogP contribution < -0.4 is 10.6 Å². The Morgan fingerprint density at radius 3 is 2.71 bits per heavy atom. The van der Waals surface area contributed by atoms with E-state index >= 15 is 0 Å². The molecule has 3 N–H and O–H groups in total. The minimum absolute atomic E-state index is 0.106. The number of nitrogens with zero attached hydrogens (tertiary/aromatic N) is 3. The molecule has 2 atom stereocenters. The van der Waals surface area contributed by atoms with Crippen LogP contribution >= 0.6 is 11.8 Å². The van der Waals surface area contributed by atoms with E-state index in [2.05, 4.69) is 9.97 Å². The summed E-state index contributed by atoms with van der Waals surface area (Å²) in [5, 5.41) is 10.2. The molecule has 1 aliphatic rings. The quantitative estimate of drug-likeness (QED) is 0.577. The summed E-state index contributed by atoms with van der Waals surface area (Å²) >= 11 is 1.31. The molecule has 2 aromatic rings. The maximum atomic E-state index is 13.3. The Bertz CT molecular complexity index is 909. The number of thioether (sulfide) groups is 1. The lowest BCUT2D eigenvalue weighted by atomic mass is 9.79. The van der Waals surface area contributed by atoms with Gasteiger partial charge in [0.05, 0.1) is 16.9 Å². The maximum absolute atomic E-state index is 13.3. The van der Waals surface area contributed by atoms with Crippen molar-refractivity contribution in [2.75, 3.05) is 11.2 Å². The van der Waals surface area contributed by atoms with Gasteiger partial charge in [0.1, 0.15) is 5.66 Å². The van der Waals surface area contributed by atoms with E-state index in [1.807, 2.05) is 0 Å². The van der Waals surface area contributed by atoms with Gasteiger partial charge in [-0.25, -0.2) is 14.8 Å². The third kappa shape index (κ3) is 3.53. The standard InChI is InChI=1S/C18H19F3N4O2S/c1-3-17(22)9-12(13-6-7-23-15(24-13)28-2)11-8-10(18(19,20)21)4-5-14(11)25(17)16(26)27/h4-8,12H,3,9,22H2,1-2H3,(H,26,27)/t12-,17+/m0/s1. The highest BCUT2D eigenvalue weighted by molar-refractivity contribution is 7.98. The van der Waals surface area contributed by atoms with Gasteiger partial charge in [-0.05, 0) is 48.9 Å². The number of hydrogen-bond acceptors (Lipinski definition) is 5. The van der Waals surface area contributed by atoms with Crippen molar-refractivity contribution in [2.45, 2.75) is 42.7 Å². The topological polar surface area (TPSA) is 92.3 Å². The van der Waals surface area contributed by atoms with Crippen molar-refractivity contribution in [3.63, 3.8) is 0 Å². The third-order valence-electron chi connectivity index (χ3n) is 4.97. The van der Waals surface area contributed by atoms with E-state index < -0.39 is 29.4 Å². The fourth-order valence-electron chi connectivity index (χ4n) is 3.51. The van der Waals surface area contributed by atoms with E-state index in [1.54, 1.807) is 19.2 Å². The molecule has 0 saturated heterocycles. The Balaban J connectivity index is 2.25. The summed E-state index contributed by atoms with van der Waals surface area (Å²) < 4.78 is 39.9. The minimum Gasteiger partial charge on any atom is -0.465 e. The van der Waals surface area contributed by atoms with E-state index in [0.29, 0.717) is 10.9 Å². The first-order valence-electron chi connectivity index (χ1n) is 8.51. The maximum Gasteiger partial charge on any atom is 0.416 e. The van der Waals surface area contributed by atoms with Crippen LogP contribution in [0.1, 0.15) is 42.5 Å².